The lowest BCUT2D eigenvalue weighted by atomic mass is 9.96. The molecule has 0 radical (unpaired) electrons. The number of nitrogens with one attached hydrogen (secondary N) is 2. The van der Waals surface area contributed by atoms with Crippen LogP contribution in [0.25, 0.3) is 0 Å². The van der Waals surface area contributed by atoms with Gasteiger partial charge in [-0.05, 0) is 36.8 Å². The van der Waals surface area contributed by atoms with Crippen LogP contribution in [0.4, 0.5) is 4.79 Å². The molecule has 6 heteroatoms. The van der Waals surface area contributed by atoms with E-state index in [1.54, 1.807) is 11.8 Å². The molecule has 1 saturated carbocycles. The summed E-state index contributed by atoms with van der Waals surface area (Å²) in [7, 11) is 0. The smallest absolute Gasteiger partial charge is 0.312 e. The van der Waals surface area contributed by atoms with Crippen LogP contribution in [0.1, 0.15) is 24.8 Å². The maximum absolute atomic E-state index is 12.3. The highest BCUT2D eigenvalue weighted by atomic mass is 32.2. The molecule has 1 aliphatic rings. The van der Waals surface area contributed by atoms with Crippen molar-refractivity contribution in [2.75, 3.05) is 18.6 Å². The summed E-state index contributed by atoms with van der Waals surface area (Å²) in [6, 6.07) is 9.02. The molecule has 120 valence electrons. The number of nitrogens with two attached hydrogens (primary N) is 1. The van der Waals surface area contributed by atoms with Gasteiger partial charge < -0.3 is 16.4 Å². The van der Waals surface area contributed by atoms with Gasteiger partial charge in [0.1, 0.15) is 6.04 Å². The number of urea groups is 1. The molecule has 0 bridgehead atoms. The molecule has 22 heavy (non-hydrogen) atoms. The van der Waals surface area contributed by atoms with E-state index in [0.29, 0.717) is 13.0 Å². The Morgan fingerprint density at radius 2 is 2.00 bits per heavy atom. The molecule has 1 aromatic rings. The quantitative estimate of drug-likeness (QED) is 0.680. The fourth-order valence-electron chi connectivity index (χ4n) is 2.57. The monoisotopic (exact) mass is 321 g/mol. The number of rotatable bonds is 8. The number of benzene rings is 1. The number of amides is 3. The highest BCUT2D eigenvalue weighted by Crippen LogP contribution is 2.47. The molecule has 0 aliphatic heterocycles. The average Bonchev–Trinajstić information content (AvgIpc) is 3.31. The first kappa shape index (κ1) is 16.7. The van der Waals surface area contributed by atoms with E-state index in [-0.39, 0.29) is 11.3 Å². The largest absolute Gasteiger partial charge is 0.353 e. The van der Waals surface area contributed by atoms with E-state index < -0.39 is 12.1 Å². The van der Waals surface area contributed by atoms with Gasteiger partial charge in [-0.1, -0.05) is 30.3 Å². The van der Waals surface area contributed by atoms with Crippen molar-refractivity contribution in [1.29, 1.82) is 0 Å². The van der Waals surface area contributed by atoms with Gasteiger partial charge in [-0.2, -0.15) is 11.8 Å². The van der Waals surface area contributed by atoms with E-state index in [4.69, 9.17) is 5.73 Å². The van der Waals surface area contributed by atoms with Crippen molar-refractivity contribution >= 4 is 23.7 Å². The number of hydrogen-bond donors (Lipinski definition) is 3. The Labute approximate surface area is 135 Å². The first-order chi connectivity index (χ1) is 10.6. The molecular weight excluding hydrogens is 298 g/mol. The van der Waals surface area contributed by atoms with Crippen LogP contribution < -0.4 is 16.4 Å². The molecule has 0 saturated heterocycles. The molecular formula is C16H23N3O2S. The van der Waals surface area contributed by atoms with E-state index in [1.165, 1.54) is 5.56 Å². The molecule has 0 spiro atoms. The van der Waals surface area contributed by atoms with E-state index in [2.05, 4.69) is 22.8 Å². The number of thioether (sulfide) groups is 1. The van der Waals surface area contributed by atoms with E-state index in [9.17, 15) is 9.59 Å². The van der Waals surface area contributed by atoms with Gasteiger partial charge in [-0.3, -0.25) is 4.79 Å². The third-order valence-corrected chi connectivity index (χ3v) is 4.73. The molecule has 1 aliphatic carbocycles. The van der Waals surface area contributed by atoms with Crippen molar-refractivity contribution in [2.24, 2.45) is 5.73 Å². The summed E-state index contributed by atoms with van der Waals surface area (Å²) < 4.78 is 0. The third-order valence-electron chi connectivity index (χ3n) is 4.08. The van der Waals surface area contributed by atoms with Gasteiger partial charge in [-0.15, -0.1) is 0 Å². The molecule has 0 heterocycles. The maximum atomic E-state index is 12.3. The first-order valence-corrected chi connectivity index (χ1v) is 8.85. The van der Waals surface area contributed by atoms with Crippen LogP contribution in [-0.4, -0.2) is 36.5 Å². The zero-order valence-electron chi connectivity index (χ0n) is 12.8. The van der Waals surface area contributed by atoms with Crippen molar-refractivity contribution in [2.45, 2.75) is 30.7 Å². The molecule has 1 aromatic carbocycles. The Bertz CT molecular complexity index is 517. The van der Waals surface area contributed by atoms with Crippen LogP contribution in [0.15, 0.2) is 30.3 Å². The van der Waals surface area contributed by atoms with Crippen LogP contribution in [-0.2, 0) is 10.2 Å². The summed E-state index contributed by atoms with van der Waals surface area (Å²) in [5.74, 6) is 0.636. The van der Waals surface area contributed by atoms with Gasteiger partial charge >= 0.3 is 6.03 Å². The molecule has 4 N–H and O–H groups in total. The van der Waals surface area contributed by atoms with Crippen molar-refractivity contribution in [3.05, 3.63) is 35.9 Å². The van der Waals surface area contributed by atoms with Crippen molar-refractivity contribution in [1.82, 2.24) is 10.6 Å². The minimum atomic E-state index is -0.662. The van der Waals surface area contributed by atoms with Gasteiger partial charge in [0.2, 0.25) is 5.91 Å². The van der Waals surface area contributed by atoms with Crippen molar-refractivity contribution < 1.29 is 9.59 Å². The highest BCUT2D eigenvalue weighted by molar-refractivity contribution is 7.98. The molecule has 1 atom stereocenters. The van der Waals surface area contributed by atoms with E-state index in [1.807, 2.05) is 24.5 Å². The fraction of sp³-hybridized carbons (Fsp3) is 0.500. The zero-order chi connectivity index (χ0) is 16.0. The lowest BCUT2D eigenvalue weighted by Gasteiger charge is -2.20. The standard InChI is InChI=1S/C16H23N3O2S/c1-22-10-7-13(19-15(17)21)14(20)18-11-16(8-9-16)12-5-3-2-4-6-12/h2-6,13H,7-11H2,1H3,(H,18,20)(H3,17,19,21)/t13-/m0/s1. The van der Waals surface area contributed by atoms with Crippen LogP contribution in [0.2, 0.25) is 0 Å². The molecule has 3 amide bonds. The fourth-order valence-corrected chi connectivity index (χ4v) is 3.04. The Hall–Kier alpha value is -1.69. The Morgan fingerprint density at radius 3 is 2.55 bits per heavy atom. The predicted molar refractivity (Wildman–Crippen MR) is 89.9 cm³/mol. The van der Waals surface area contributed by atoms with Gasteiger partial charge in [0.05, 0.1) is 0 Å². The van der Waals surface area contributed by atoms with Crippen LogP contribution in [0.5, 0.6) is 0 Å². The topological polar surface area (TPSA) is 84.2 Å². The molecule has 1 fully saturated rings. The SMILES string of the molecule is CSCC[C@H](NC(N)=O)C(=O)NCC1(c2ccccc2)CC1. The number of carbonyl (C=O) groups excluding carboxylic acids is 2. The second kappa shape index (κ2) is 7.54. The highest BCUT2D eigenvalue weighted by Gasteiger charge is 2.44. The third kappa shape index (κ3) is 4.40. The van der Waals surface area contributed by atoms with Crippen LogP contribution in [0.3, 0.4) is 0 Å². The van der Waals surface area contributed by atoms with Gasteiger partial charge in [0.25, 0.3) is 0 Å². The minimum Gasteiger partial charge on any atom is -0.353 e. The van der Waals surface area contributed by atoms with Crippen molar-refractivity contribution in [3.63, 3.8) is 0 Å². The van der Waals surface area contributed by atoms with Crippen LogP contribution >= 0.6 is 11.8 Å². The van der Waals surface area contributed by atoms with Gasteiger partial charge in [-0.25, -0.2) is 4.79 Å². The Balaban J connectivity index is 1.91. The maximum Gasteiger partial charge on any atom is 0.312 e. The van der Waals surface area contributed by atoms with E-state index in [0.717, 1.165) is 18.6 Å². The zero-order valence-corrected chi connectivity index (χ0v) is 13.6. The summed E-state index contributed by atoms with van der Waals surface area (Å²) in [4.78, 5) is 23.3. The number of hydrogen-bond acceptors (Lipinski definition) is 3. The van der Waals surface area contributed by atoms with Gasteiger partial charge in [0, 0.05) is 12.0 Å². The van der Waals surface area contributed by atoms with Crippen LogP contribution in [0, 0.1) is 0 Å². The number of carbonyl (C=O) groups is 2. The lowest BCUT2D eigenvalue weighted by molar-refractivity contribution is -0.123. The first-order valence-electron chi connectivity index (χ1n) is 7.45. The Kier molecular flexibility index (Phi) is 5.71. The van der Waals surface area contributed by atoms with Gasteiger partial charge in [0.15, 0.2) is 0 Å². The normalized spacial score (nSPS) is 16.6. The summed E-state index contributed by atoms with van der Waals surface area (Å²) in [6.45, 7) is 0.603. The number of primary amides is 1. The average molecular weight is 321 g/mol. The Morgan fingerprint density at radius 1 is 1.32 bits per heavy atom. The molecule has 0 unspecified atom stereocenters. The summed E-state index contributed by atoms with van der Waals surface area (Å²) in [5.41, 5.74) is 6.48. The lowest BCUT2D eigenvalue weighted by Crippen LogP contribution is -2.50. The summed E-state index contributed by atoms with van der Waals surface area (Å²) in [6.07, 6.45) is 4.70. The molecule has 0 aromatic heterocycles. The summed E-state index contributed by atoms with van der Waals surface area (Å²) in [5, 5.41) is 5.50. The predicted octanol–water partition coefficient (Wildman–Crippen LogP) is 1.62. The minimum absolute atomic E-state index is 0.0632. The second-order valence-electron chi connectivity index (χ2n) is 5.71. The molecule has 2 rings (SSSR count). The van der Waals surface area contributed by atoms with Crippen molar-refractivity contribution in [3.8, 4) is 0 Å². The summed E-state index contributed by atoms with van der Waals surface area (Å²) >= 11 is 1.64. The second-order valence-corrected chi connectivity index (χ2v) is 6.69. The van der Waals surface area contributed by atoms with E-state index >= 15 is 0 Å². The molecule has 5 nitrogen and oxygen atoms in total.